The van der Waals surface area contributed by atoms with E-state index in [4.69, 9.17) is 17.3 Å². The Hall–Kier alpha value is -0.780. The fourth-order valence-electron chi connectivity index (χ4n) is 2.89. The van der Waals surface area contributed by atoms with Crippen LogP contribution in [0.25, 0.3) is 0 Å². The number of nitrogens with one attached hydrogen (secondary N) is 1. The van der Waals surface area contributed by atoms with Gasteiger partial charge in [-0.05, 0) is 43.4 Å². The summed E-state index contributed by atoms with van der Waals surface area (Å²) in [7, 11) is -3.57. The number of nitrogens with two attached hydrogens (primary N) is 1. The van der Waals surface area contributed by atoms with Gasteiger partial charge in [0.25, 0.3) is 0 Å². The van der Waals surface area contributed by atoms with Crippen molar-refractivity contribution in [2.45, 2.75) is 56.9 Å². The van der Waals surface area contributed by atoms with Crippen LogP contribution in [-0.4, -0.2) is 14.5 Å². The van der Waals surface area contributed by atoms with Gasteiger partial charge in [-0.3, -0.25) is 0 Å². The molecule has 3 N–H and O–H groups in total. The Morgan fingerprint density at radius 3 is 2.71 bits per heavy atom. The first-order valence-corrected chi connectivity index (χ1v) is 9.27. The van der Waals surface area contributed by atoms with Gasteiger partial charge in [-0.1, -0.05) is 37.8 Å². The largest absolute Gasteiger partial charge is 0.398 e. The van der Waals surface area contributed by atoms with Crippen molar-refractivity contribution in [2.24, 2.45) is 5.92 Å². The lowest BCUT2D eigenvalue weighted by molar-refractivity contribution is 0.301. The van der Waals surface area contributed by atoms with E-state index < -0.39 is 10.0 Å². The summed E-state index contributed by atoms with van der Waals surface area (Å²) in [5, 5.41) is 0.380. The number of benzene rings is 1. The first-order chi connectivity index (χ1) is 9.83. The van der Waals surface area contributed by atoms with E-state index in [-0.39, 0.29) is 10.9 Å². The van der Waals surface area contributed by atoms with Crippen molar-refractivity contribution in [1.29, 1.82) is 0 Å². The Labute approximate surface area is 132 Å². The van der Waals surface area contributed by atoms with E-state index in [2.05, 4.69) is 11.6 Å². The summed E-state index contributed by atoms with van der Waals surface area (Å²) in [6, 6.07) is 2.95. The highest BCUT2D eigenvalue weighted by atomic mass is 35.5. The van der Waals surface area contributed by atoms with Crippen LogP contribution in [0.2, 0.25) is 5.02 Å². The molecular formula is C15H23ClN2O2S. The molecule has 1 fully saturated rings. The fourth-order valence-corrected chi connectivity index (χ4v) is 4.52. The highest BCUT2D eigenvalue weighted by Gasteiger charge is 2.26. The van der Waals surface area contributed by atoms with Crippen molar-refractivity contribution in [3.8, 4) is 0 Å². The van der Waals surface area contributed by atoms with Crippen LogP contribution < -0.4 is 10.5 Å². The second-order valence-corrected chi connectivity index (χ2v) is 8.00. The molecule has 0 spiro atoms. The molecule has 0 aliphatic heterocycles. The normalized spacial score (nSPS) is 23.2. The van der Waals surface area contributed by atoms with Gasteiger partial charge in [-0.15, -0.1) is 0 Å². The molecule has 1 saturated carbocycles. The van der Waals surface area contributed by atoms with Crippen molar-refractivity contribution >= 4 is 27.3 Å². The Bertz CT molecular complexity index is 593. The minimum absolute atomic E-state index is 0.00926. The monoisotopic (exact) mass is 330 g/mol. The Morgan fingerprint density at radius 1 is 1.38 bits per heavy atom. The standard InChI is InChI=1S/C15H23ClN2O2S/c1-3-11-5-4-6-12(7-11)18-21(19,20)13-8-14(16)10(2)15(17)9-13/h8-9,11-12,18H,3-7,17H2,1-2H3. The summed E-state index contributed by atoms with van der Waals surface area (Å²) < 4.78 is 27.8. The molecule has 1 aliphatic carbocycles. The second kappa shape index (κ2) is 6.55. The molecule has 118 valence electrons. The van der Waals surface area contributed by atoms with Crippen LogP contribution in [0.4, 0.5) is 5.69 Å². The van der Waals surface area contributed by atoms with E-state index in [1.807, 2.05) is 0 Å². The Balaban J connectivity index is 2.18. The zero-order valence-corrected chi connectivity index (χ0v) is 14.1. The summed E-state index contributed by atoms with van der Waals surface area (Å²) in [5.41, 5.74) is 6.93. The van der Waals surface area contributed by atoms with Gasteiger partial charge in [0.1, 0.15) is 0 Å². The van der Waals surface area contributed by atoms with Gasteiger partial charge in [0, 0.05) is 16.8 Å². The molecule has 6 heteroatoms. The Morgan fingerprint density at radius 2 is 2.10 bits per heavy atom. The number of rotatable bonds is 4. The maximum atomic E-state index is 12.5. The summed E-state index contributed by atoms with van der Waals surface area (Å²) in [4.78, 5) is 0.147. The predicted molar refractivity (Wildman–Crippen MR) is 87.0 cm³/mol. The van der Waals surface area contributed by atoms with E-state index in [1.165, 1.54) is 18.6 Å². The van der Waals surface area contributed by atoms with E-state index in [0.29, 0.717) is 22.2 Å². The number of halogens is 1. The molecule has 2 atom stereocenters. The van der Waals surface area contributed by atoms with Crippen molar-refractivity contribution in [2.75, 3.05) is 5.73 Å². The molecule has 4 nitrogen and oxygen atoms in total. The third-order valence-electron chi connectivity index (χ3n) is 4.35. The average Bonchev–Trinajstić information content (AvgIpc) is 2.44. The van der Waals surface area contributed by atoms with Crippen LogP contribution in [0.5, 0.6) is 0 Å². The molecule has 2 rings (SSSR count). The third-order valence-corrected chi connectivity index (χ3v) is 6.24. The van der Waals surface area contributed by atoms with Crippen LogP contribution in [-0.2, 0) is 10.0 Å². The molecular weight excluding hydrogens is 308 g/mol. The lowest BCUT2D eigenvalue weighted by Gasteiger charge is -2.29. The molecule has 2 unspecified atom stereocenters. The third kappa shape index (κ3) is 3.90. The number of hydrogen-bond donors (Lipinski definition) is 2. The summed E-state index contributed by atoms with van der Waals surface area (Å²) >= 11 is 6.04. The van der Waals surface area contributed by atoms with Gasteiger partial charge in [-0.2, -0.15) is 0 Å². The fraction of sp³-hybridized carbons (Fsp3) is 0.600. The van der Waals surface area contributed by atoms with Gasteiger partial charge in [0.2, 0.25) is 10.0 Å². The number of hydrogen-bond acceptors (Lipinski definition) is 3. The minimum Gasteiger partial charge on any atom is -0.398 e. The van der Waals surface area contributed by atoms with E-state index in [0.717, 1.165) is 25.7 Å². The molecule has 0 heterocycles. The van der Waals surface area contributed by atoms with Gasteiger partial charge < -0.3 is 5.73 Å². The maximum absolute atomic E-state index is 12.5. The van der Waals surface area contributed by atoms with Crippen LogP contribution in [0.15, 0.2) is 17.0 Å². The molecule has 1 aliphatic rings. The average molecular weight is 331 g/mol. The van der Waals surface area contributed by atoms with Crippen LogP contribution in [0.1, 0.15) is 44.6 Å². The molecule has 0 aromatic heterocycles. The van der Waals surface area contributed by atoms with Gasteiger partial charge in [-0.25, -0.2) is 13.1 Å². The minimum atomic E-state index is -3.57. The summed E-state index contributed by atoms with van der Waals surface area (Å²) in [6.07, 6.45) is 5.16. The number of nitrogen functional groups attached to an aromatic ring is 1. The van der Waals surface area contributed by atoms with E-state index in [1.54, 1.807) is 6.92 Å². The van der Waals surface area contributed by atoms with Gasteiger partial charge in [0.05, 0.1) is 4.90 Å². The SMILES string of the molecule is CCC1CCCC(NS(=O)(=O)c2cc(N)c(C)c(Cl)c2)C1. The second-order valence-electron chi connectivity index (χ2n) is 5.88. The molecule has 1 aromatic rings. The molecule has 0 radical (unpaired) electrons. The van der Waals surface area contributed by atoms with Gasteiger partial charge >= 0.3 is 0 Å². The molecule has 1 aromatic carbocycles. The molecule has 0 amide bonds. The van der Waals surface area contributed by atoms with Crippen molar-refractivity contribution in [3.05, 3.63) is 22.7 Å². The van der Waals surface area contributed by atoms with E-state index >= 15 is 0 Å². The summed E-state index contributed by atoms with van der Waals surface area (Å²) in [6.45, 7) is 3.93. The lowest BCUT2D eigenvalue weighted by Crippen LogP contribution is -2.38. The first-order valence-electron chi connectivity index (χ1n) is 7.41. The van der Waals surface area contributed by atoms with Crippen molar-refractivity contribution in [3.63, 3.8) is 0 Å². The molecule has 0 saturated heterocycles. The van der Waals surface area contributed by atoms with Crippen molar-refractivity contribution in [1.82, 2.24) is 4.72 Å². The van der Waals surface area contributed by atoms with Crippen LogP contribution in [0, 0.1) is 12.8 Å². The zero-order valence-electron chi connectivity index (χ0n) is 12.5. The maximum Gasteiger partial charge on any atom is 0.240 e. The predicted octanol–water partition coefficient (Wildman–Crippen LogP) is 3.48. The summed E-state index contributed by atoms with van der Waals surface area (Å²) in [5.74, 6) is 0.609. The smallest absolute Gasteiger partial charge is 0.240 e. The lowest BCUT2D eigenvalue weighted by atomic mass is 9.85. The molecule has 0 bridgehead atoms. The van der Waals surface area contributed by atoms with E-state index in [9.17, 15) is 8.42 Å². The first kappa shape index (κ1) is 16.6. The van der Waals surface area contributed by atoms with Crippen LogP contribution in [0.3, 0.4) is 0 Å². The highest BCUT2D eigenvalue weighted by Crippen LogP contribution is 2.29. The highest BCUT2D eigenvalue weighted by molar-refractivity contribution is 7.89. The number of anilines is 1. The topological polar surface area (TPSA) is 72.2 Å². The van der Waals surface area contributed by atoms with Crippen molar-refractivity contribution < 1.29 is 8.42 Å². The van der Waals surface area contributed by atoms with Gasteiger partial charge in [0.15, 0.2) is 0 Å². The van der Waals surface area contributed by atoms with Crippen LogP contribution >= 0.6 is 11.6 Å². The molecule has 21 heavy (non-hydrogen) atoms. The Kier molecular flexibility index (Phi) is 5.17. The zero-order chi connectivity index (χ0) is 15.6. The number of sulfonamides is 1. The quantitative estimate of drug-likeness (QED) is 0.830.